The summed E-state index contributed by atoms with van der Waals surface area (Å²) in [6.07, 6.45) is 1.72. The van der Waals surface area contributed by atoms with Gasteiger partial charge in [0.25, 0.3) is 5.91 Å². The summed E-state index contributed by atoms with van der Waals surface area (Å²) < 4.78 is 11.4. The maximum Gasteiger partial charge on any atom is 0.254 e. The van der Waals surface area contributed by atoms with E-state index in [4.69, 9.17) is 21.1 Å². The molecule has 3 heterocycles. The van der Waals surface area contributed by atoms with Gasteiger partial charge in [-0.1, -0.05) is 11.6 Å². The largest absolute Gasteiger partial charge is 0.346 e. The first-order chi connectivity index (χ1) is 9.58. The number of likely N-dealkylation sites (tertiary alicyclic amines) is 1. The van der Waals surface area contributed by atoms with Crippen molar-refractivity contribution in [1.29, 1.82) is 0 Å². The van der Waals surface area contributed by atoms with Crippen LogP contribution in [0.4, 0.5) is 0 Å². The molecule has 108 valence electrons. The molecule has 2 aliphatic heterocycles. The van der Waals surface area contributed by atoms with Crippen molar-refractivity contribution in [1.82, 2.24) is 9.88 Å². The van der Waals surface area contributed by atoms with Gasteiger partial charge in [-0.3, -0.25) is 4.79 Å². The third-order valence-corrected chi connectivity index (χ3v) is 3.88. The molecule has 0 saturated carbocycles. The minimum Gasteiger partial charge on any atom is -0.346 e. The number of nitrogens with zero attached hydrogens (tertiary/aromatic N) is 2. The highest BCUT2D eigenvalue weighted by Crippen LogP contribution is 2.30. The maximum absolute atomic E-state index is 12.6. The van der Waals surface area contributed by atoms with Crippen LogP contribution in [0.5, 0.6) is 0 Å². The van der Waals surface area contributed by atoms with Crippen LogP contribution in [-0.2, 0) is 9.47 Å². The molecule has 1 aromatic rings. The molecular formula is C14H17ClN2O3. The van der Waals surface area contributed by atoms with Crippen molar-refractivity contribution < 1.29 is 14.3 Å². The quantitative estimate of drug-likeness (QED) is 0.744. The lowest BCUT2D eigenvalue weighted by molar-refractivity contribution is -0.183. The summed E-state index contributed by atoms with van der Waals surface area (Å²) in [5.41, 5.74) is 1.30. The summed E-state index contributed by atoms with van der Waals surface area (Å²) in [5, 5.41) is 0.341. The molecule has 5 nitrogen and oxygen atoms in total. The van der Waals surface area contributed by atoms with E-state index in [9.17, 15) is 4.79 Å². The number of carbonyl (C=O) groups is 1. The SMILES string of the molecule is Cc1cc(C(=O)N2CCCC3(C2)OCCO3)cc(Cl)n1. The zero-order chi connectivity index (χ0) is 14.2. The number of aromatic nitrogens is 1. The Morgan fingerprint density at radius 1 is 1.40 bits per heavy atom. The predicted molar refractivity (Wildman–Crippen MR) is 73.8 cm³/mol. The van der Waals surface area contributed by atoms with Gasteiger partial charge in [0.2, 0.25) is 0 Å². The van der Waals surface area contributed by atoms with Crippen molar-refractivity contribution in [2.45, 2.75) is 25.6 Å². The second-order valence-corrected chi connectivity index (χ2v) is 5.65. The van der Waals surface area contributed by atoms with Gasteiger partial charge < -0.3 is 14.4 Å². The van der Waals surface area contributed by atoms with Gasteiger partial charge in [0, 0.05) is 24.2 Å². The van der Waals surface area contributed by atoms with E-state index in [-0.39, 0.29) is 5.91 Å². The van der Waals surface area contributed by atoms with E-state index in [1.807, 2.05) is 6.92 Å². The average molecular weight is 297 g/mol. The predicted octanol–water partition coefficient (Wildman–Crippen LogP) is 2.02. The molecule has 0 aliphatic carbocycles. The lowest BCUT2D eigenvalue weighted by Gasteiger charge is -2.38. The number of carbonyl (C=O) groups excluding carboxylic acids is 1. The van der Waals surface area contributed by atoms with Crippen molar-refractivity contribution in [2.24, 2.45) is 0 Å². The van der Waals surface area contributed by atoms with Crippen molar-refractivity contribution in [2.75, 3.05) is 26.3 Å². The monoisotopic (exact) mass is 296 g/mol. The Morgan fingerprint density at radius 3 is 2.85 bits per heavy atom. The molecule has 0 aromatic carbocycles. The van der Waals surface area contributed by atoms with E-state index in [1.165, 1.54) is 0 Å². The Balaban J connectivity index is 1.79. The molecule has 1 spiro atoms. The molecule has 3 rings (SSSR count). The smallest absolute Gasteiger partial charge is 0.254 e. The number of rotatable bonds is 1. The first-order valence-corrected chi connectivity index (χ1v) is 7.17. The molecule has 6 heteroatoms. The lowest BCUT2D eigenvalue weighted by atomic mass is 10.0. The minimum absolute atomic E-state index is 0.0458. The summed E-state index contributed by atoms with van der Waals surface area (Å²) >= 11 is 5.92. The molecule has 0 N–H and O–H groups in total. The lowest BCUT2D eigenvalue weighted by Crippen LogP contribution is -2.51. The van der Waals surface area contributed by atoms with E-state index in [2.05, 4.69) is 4.98 Å². The van der Waals surface area contributed by atoms with E-state index in [1.54, 1.807) is 17.0 Å². The van der Waals surface area contributed by atoms with E-state index < -0.39 is 5.79 Å². The van der Waals surface area contributed by atoms with Crippen LogP contribution in [0.15, 0.2) is 12.1 Å². The van der Waals surface area contributed by atoms with Crippen molar-refractivity contribution in [3.05, 3.63) is 28.5 Å². The van der Waals surface area contributed by atoms with Crippen LogP contribution in [0.3, 0.4) is 0 Å². The number of pyridine rings is 1. The van der Waals surface area contributed by atoms with E-state index >= 15 is 0 Å². The fraction of sp³-hybridized carbons (Fsp3) is 0.571. The van der Waals surface area contributed by atoms with Gasteiger partial charge in [-0.2, -0.15) is 0 Å². The number of aryl methyl sites for hydroxylation is 1. The molecular weight excluding hydrogens is 280 g/mol. The highest BCUT2D eigenvalue weighted by Gasteiger charge is 2.42. The van der Waals surface area contributed by atoms with Crippen LogP contribution in [-0.4, -0.2) is 47.9 Å². The molecule has 0 bridgehead atoms. The maximum atomic E-state index is 12.6. The van der Waals surface area contributed by atoms with Crippen LogP contribution >= 0.6 is 11.6 Å². The highest BCUT2D eigenvalue weighted by molar-refractivity contribution is 6.29. The van der Waals surface area contributed by atoms with Crippen LogP contribution in [0, 0.1) is 6.92 Å². The second kappa shape index (κ2) is 5.31. The highest BCUT2D eigenvalue weighted by atomic mass is 35.5. The third kappa shape index (κ3) is 2.66. The summed E-state index contributed by atoms with van der Waals surface area (Å²) in [6, 6.07) is 3.36. The zero-order valence-corrected chi connectivity index (χ0v) is 12.2. The molecule has 1 amide bonds. The molecule has 2 aliphatic rings. The Kier molecular flexibility index (Phi) is 3.67. The molecule has 2 fully saturated rings. The summed E-state index contributed by atoms with van der Waals surface area (Å²) in [7, 11) is 0. The van der Waals surface area contributed by atoms with Gasteiger partial charge in [0.05, 0.1) is 19.8 Å². The average Bonchev–Trinajstić information content (AvgIpc) is 2.85. The number of hydrogen-bond acceptors (Lipinski definition) is 4. The number of amides is 1. The third-order valence-electron chi connectivity index (χ3n) is 3.69. The van der Waals surface area contributed by atoms with Crippen molar-refractivity contribution >= 4 is 17.5 Å². The zero-order valence-electron chi connectivity index (χ0n) is 11.4. The molecule has 20 heavy (non-hydrogen) atoms. The van der Waals surface area contributed by atoms with Gasteiger partial charge in [-0.15, -0.1) is 0 Å². The first kappa shape index (κ1) is 13.8. The summed E-state index contributed by atoms with van der Waals surface area (Å²) in [5.74, 6) is -0.643. The van der Waals surface area contributed by atoms with Crippen LogP contribution < -0.4 is 0 Å². The van der Waals surface area contributed by atoms with Gasteiger partial charge >= 0.3 is 0 Å². The van der Waals surface area contributed by atoms with Crippen LogP contribution in [0.2, 0.25) is 5.15 Å². The Bertz CT molecular complexity index is 509. The Hall–Kier alpha value is -1.17. The molecule has 2 saturated heterocycles. The second-order valence-electron chi connectivity index (χ2n) is 5.26. The molecule has 0 atom stereocenters. The fourth-order valence-electron chi connectivity index (χ4n) is 2.83. The minimum atomic E-state index is -0.597. The normalized spacial score (nSPS) is 21.4. The Labute approximate surface area is 122 Å². The number of halogens is 1. The standard InChI is InChI=1S/C14H17ClN2O3/c1-10-7-11(8-12(15)16-10)13(18)17-4-2-3-14(9-17)19-5-6-20-14/h7-8H,2-6,9H2,1H3. The number of hydrogen-bond donors (Lipinski definition) is 0. The van der Waals surface area contributed by atoms with Gasteiger partial charge in [-0.05, 0) is 25.5 Å². The van der Waals surface area contributed by atoms with Gasteiger partial charge in [0.15, 0.2) is 5.79 Å². The van der Waals surface area contributed by atoms with Crippen LogP contribution in [0.1, 0.15) is 28.9 Å². The van der Waals surface area contributed by atoms with Crippen LogP contribution in [0.25, 0.3) is 0 Å². The van der Waals surface area contributed by atoms with Crippen molar-refractivity contribution in [3.8, 4) is 0 Å². The van der Waals surface area contributed by atoms with E-state index in [0.29, 0.717) is 37.0 Å². The fourth-order valence-corrected chi connectivity index (χ4v) is 3.08. The Morgan fingerprint density at radius 2 is 2.15 bits per heavy atom. The topological polar surface area (TPSA) is 51.7 Å². The number of piperidine rings is 1. The van der Waals surface area contributed by atoms with Gasteiger partial charge in [-0.25, -0.2) is 4.98 Å². The summed E-state index contributed by atoms with van der Waals surface area (Å²) in [4.78, 5) is 18.4. The van der Waals surface area contributed by atoms with Gasteiger partial charge in [0.1, 0.15) is 5.15 Å². The number of ether oxygens (including phenoxy) is 2. The summed E-state index contributed by atoms with van der Waals surface area (Å²) in [6.45, 7) is 4.21. The molecule has 0 unspecified atom stereocenters. The molecule has 1 aromatic heterocycles. The first-order valence-electron chi connectivity index (χ1n) is 6.79. The molecule has 0 radical (unpaired) electrons. The van der Waals surface area contributed by atoms with Crippen molar-refractivity contribution in [3.63, 3.8) is 0 Å². The van der Waals surface area contributed by atoms with E-state index in [0.717, 1.165) is 18.5 Å².